The van der Waals surface area contributed by atoms with E-state index < -0.39 is 23.4 Å². The Kier molecular flexibility index (Phi) is 2.93. The number of alkyl halides is 5. The van der Waals surface area contributed by atoms with E-state index in [1.165, 1.54) is 5.32 Å². The van der Waals surface area contributed by atoms with E-state index in [-0.39, 0.29) is 23.9 Å². The smallest absolute Gasteiger partial charge is 0.329 e. The molecule has 0 saturated carbocycles. The molecule has 0 aliphatic carbocycles. The highest BCUT2D eigenvalue weighted by Crippen LogP contribution is 2.45. The quantitative estimate of drug-likeness (QED) is 0.702. The predicted molar refractivity (Wildman–Crippen MR) is 40.0 cm³/mol. The highest BCUT2D eigenvalue weighted by atomic mass is 32.2. The summed E-state index contributed by atoms with van der Waals surface area (Å²) in [6.45, 7) is 0. The zero-order chi connectivity index (χ0) is 11.0. The van der Waals surface area contributed by atoms with Gasteiger partial charge in [0.1, 0.15) is 0 Å². The van der Waals surface area contributed by atoms with Gasteiger partial charge in [-0.05, 0) is 0 Å². The second kappa shape index (κ2) is 3.56. The maximum atomic E-state index is 12.3. The Morgan fingerprint density at radius 3 is 2.29 bits per heavy atom. The number of hydrogen-bond donors (Lipinski definition) is 1. The SMILES string of the molecule is O=C1CCSC(C(F)F)(C(F)(F)F)N1. The van der Waals surface area contributed by atoms with Crippen molar-refractivity contribution in [3.8, 4) is 0 Å². The molecule has 2 nitrogen and oxygen atoms in total. The third kappa shape index (κ3) is 1.79. The Morgan fingerprint density at radius 1 is 1.43 bits per heavy atom. The first kappa shape index (κ1) is 11.5. The molecule has 0 aromatic heterocycles. The zero-order valence-corrected chi connectivity index (χ0v) is 7.51. The van der Waals surface area contributed by atoms with Crippen LogP contribution in [-0.2, 0) is 4.79 Å². The lowest BCUT2D eigenvalue weighted by atomic mass is 10.2. The highest BCUT2D eigenvalue weighted by Gasteiger charge is 2.64. The molecule has 1 amide bonds. The average Bonchev–Trinajstić information content (AvgIpc) is 2.01. The number of thioether (sulfide) groups is 1. The normalized spacial score (nSPS) is 29.1. The van der Waals surface area contributed by atoms with Crippen molar-refractivity contribution in [2.75, 3.05) is 5.75 Å². The van der Waals surface area contributed by atoms with Crippen LogP contribution in [0.25, 0.3) is 0 Å². The van der Waals surface area contributed by atoms with Gasteiger partial charge in [0.2, 0.25) is 10.8 Å². The van der Waals surface area contributed by atoms with E-state index in [0.29, 0.717) is 0 Å². The minimum atomic E-state index is -5.15. The van der Waals surface area contributed by atoms with Crippen LogP contribution >= 0.6 is 11.8 Å². The molecule has 0 bridgehead atoms. The van der Waals surface area contributed by atoms with Gasteiger partial charge in [0.15, 0.2) is 0 Å². The standard InChI is InChI=1S/C6H6F5NOS/c7-4(8)5(6(9,10)11)12-3(13)1-2-14-5/h4H,1-2H2,(H,12,13). The molecule has 1 heterocycles. The second-order valence-electron chi connectivity index (χ2n) is 2.68. The number of amides is 1. The minimum Gasteiger partial charge on any atom is -0.329 e. The summed E-state index contributed by atoms with van der Waals surface area (Å²) < 4.78 is 61.5. The molecule has 0 aromatic rings. The lowest BCUT2D eigenvalue weighted by Gasteiger charge is -2.37. The van der Waals surface area contributed by atoms with Crippen molar-refractivity contribution < 1.29 is 26.7 Å². The van der Waals surface area contributed by atoms with Gasteiger partial charge in [0.05, 0.1) is 0 Å². The maximum absolute atomic E-state index is 12.3. The van der Waals surface area contributed by atoms with Crippen molar-refractivity contribution in [2.24, 2.45) is 0 Å². The van der Waals surface area contributed by atoms with Gasteiger partial charge >= 0.3 is 6.18 Å². The van der Waals surface area contributed by atoms with Crippen LogP contribution in [-0.4, -0.2) is 29.1 Å². The molecular weight excluding hydrogens is 229 g/mol. The van der Waals surface area contributed by atoms with Crippen LogP contribution in [0.4, 0.5) is 22.0 Å². The van der Waals surface area contributed by atoms with E-state index in [9.17, 15) is 26.7 Å². The van der Waals surface area contributed by atoms with E-state index >= 15 is 0 Å². The molecule has 1 aliphatic heterocycles. The fraction of sp³-hybridized carbons (Fsp3) is 0.833. The molecule has 1 unspecified atom stereocenters. The fourth-order valence-electron chi connectivity index (χ4n) is 1.00. The molecule has 1 rings (SSSR count). The Morgan fingerprint density at radius 2 is 2.00 bits per heavy atom. The zero-order valence-electron chi connectivity index (χ0n) is 6.70. The van der Waals surface area contributed by atoms with Gasteiger partial charge in [0, 0.05) is 12.2 Å². The molecule has 1 N–H and O–H groups in total. The van der Waals surface area contributed by atoms with Gasteiger partial charge in [-0.25, -0.2) is 8.78 Å². The van der Waals surface area contributed by atoms with Gasteiger partial charge in [-0.1, -0.05) is 0 Å². The van der Waals surface area contributed by atoms with Crippen molar-refractivity contribution in [2.45, 2.75) is 23.9 Å². The van der Waals surface area contributed by atoms with E-state index in [0.717, 1.165) is 0 Å². The molecule has 1 atom stereocenters. The average molecular weight is 235 g/mol. The Labute approximate surface area is 80.2 Å². The molecular formula is C6H6F5NOS. The largest absolute Gasteiger partial charge is 0.426 e. The van der Waals surface area contributed by atoms with Crippen LogP contribution in [0.1, 0.15) is 6.42 Å². The van der Waals surface area contributed by atoms with Crippen molar-refractivity contribution in [3.05, 3.63) is 0 Å². The topological polar surface area (TPSA) is 29.1 Å². The number of rotatable bonds is 1. The highest BCUT2D eigenvalue weighted by molar-refractivity contribution is 8.00. The summed E-state index contributed by atoms with van der Waals surface area (Å²) in [5, 5.41) is 1.32. The molecule has 82 valence electrons. The van der Waals surface area contributed by atoms with Crippen molar-refractivity contribution in [1.29, 1.82) is 0 Å². The van der Waals surface area contributed by atoms with Crippen molar-refractivity contribution >= 4 is 17.7 Å². The maximum Gasteiger partial charge on any atom is 0.426 e. The van der Waals surface area contributed by atoms with E-state index in [4.69, 9.17) is 0 Å². The third-order valence-electron chi connectivity index (χ3n) is 1.71. The Bertz CT molecular complexity index is 243. The molecule has 0 aromatic carbocycles. The first-order valence-electron chi connectivity index (χ1n) is 3.59. The lowest BCUT2D eigenvalue weighted by Crippen LogP contribution is -2.63. The van der Waals surface area contributed by atoms with E-state index in [1.54, 1.807) is 0 Å². The monoisotopic (exact) mass is 235 g/mol. The molecule has 1 aliphatic rings. The predicted octanol–water partition coefficient (Wildman–Crippen LogP) is 1.76. The number of hydrogen-bond acceptors (Lipinski definition) is 2. The van der Waals surface area contributed by atoms with Crippen molar-refractivity contribution in [3.63, 3.8) is 0 Å². The van der Waals surface area contributed by atoms with Crippen LogP contribution in [0.3, 0.4) is 0 Å². The lowest BCUT2D eigenvalue weighted by molar-refractivity contribution is -0.200. The first-order valence-corrected chi connectivity index (χ1v) is 4.58. The molecule has 14 heavy (non-hydrogen) atoms. The van der Waals surface area contributed by atoms with Gasteiger partial charge in [-0.15, -0.1) is 11.8 Å². The number of carbonyl (C=O) groups is 1. The Balaban J connectivity index is 2.98. The summed E-state index contributed by atoms with van der Waals surface area (Å²) in [5.41, 5.74) is 0. The van der Waals surface area contributed by atoms with E-state index in [2.05, 4.69) is 0 Å². The molecule has 0 spiro atoms. The molecule has 8 heteroatoms. The first-order chi connectivity index (χ1) is 6.29. The summed E-state index contributed by atoms with van der Waals surface area (Å²) in [5.74, 6) is -1.25. The Hall–Kier alpha value is -0.530. The summed E-state index contributed by atoms with van der Waals surface area (Å²) >= 11 is 0.0225. The molecule has 1 fully saturated rings. The van der Waals surface area contributed by atoms with Crippen LogP contribution in [0, 0.1) is 0 Å². The van der Waals surface area contributed by atoms with Gasteiger partial charge in [-0.3, -0.25) is 4.79 Å². The van der Waals surface area contributed by atoms with Crippen LogP contribution in [0.2, 0.25) is 0 Å². The minimum absolute atomic E-state index is 0.0225. The van der Waals surface area contributed by atoms with Crippen LogP contribution in [0.5, 0.6) is 0 Å². The molecule has 0 radical (unpaired) electrons. The second-order valence-corrected chi connectivity index (χ2v) is 4.02. The van der Waals surface area contributed by atoms with Gasteiger partial charge in [0.25, 0.3) is 6.43 Å². The third-order valence-corrected chi connectivity index (χ3v) is 3.09. The fourth-order valence-corrected chi connectivity index (χ4v) is 2.09. The van der Waals surface area contributed by atoms with Crippen LogP contribution in [0.15, 0.2) is 0 Å². The van der Waals surface area contributed by atoms with Crippen LogP contribution < -0.4 is 5.32 Å². The summed E-state index contributed by atoms with van der Waals surface area (Å²) in [6.07, 6.45) is -8.99. The number of nitrogens with one attached hydrogen (secondary N) is 1. The number of carbonyl (C=O) groups excluding carboxylic acids is 1. The summed E-state index contributed by atoms with van der Waals surface area (Å²) in [6, 6.07) is 0. The summed E-state index contributed by atoms with van der Waals surface area (Å²) in [7, 11) is 0. The summed E-state index contributed by atoms with van der Waals surface area (Å²) in [4.78, 5) is 7.24. The molecule has 1 saturated heterocycles. The van der Waals surface area contributed by atoms with Crippen molar-refractivity contribution in [1.82, 2.24) is 5.32 Å². The van der Waals surface area contributed by atoms with Gasteiger partial charge in [-0.2, -0.15) is 13.2 Å². The van der Waals surface area contributed by atoms with Gasteiger partial charge < -0.3 is 5.32 Å². The number of halogens is 5. The van der Waals surface area contributed by atoms with E-state index in [1.807, 2.05) is 0 Å².